The molecule has 0 atom stereocenters. The van der Waals surface area contributed by atoms with Crippen LogP contribution in [0, 0.1) is 17.7 Å². The van der Waals surface area contributed by atoms with Crippen molar-refractivity contribution in [2.45, 2.75) is 37.1 Å². The smallest absolute Gasteiger partial charge is 0.244 e. The lowest BCUT2D eigenvalue weighted by molar-refractivity contribution is 0.305. The van der Waals surface area contributed by atoms with Crippen LogP contribution in [0.15, 0.2) is 23.1 Å². The fourth-order valence-corrected chi connectivity index (χ4v) is 3.98. The van der Waals surface area contributed by atoms with Gasteiger partial charge in [0.25, 0.3) is 0 Å². The average molecular weight is 311 g/mol. The fraction of sp³-hybridized carbons (Fsp3) is 0.467. The number of sulfonamides is 1. The largest absolute Gasteiger partial charge is 0.395 e. The van der Waals surface area contributed by atoms with E-state index in [1.807, 2.05) is 0 Å². The lowest BCUT2D eigenvalue weighted by Crippen LogP contribution is -2.33. The van der Waals surface area contributed by atoms with E-state index in [2.05, 4.69) is 11.8 Å². The topological polar surface area (TPSA) is 57.6 Å². The van der Waals surface area contributed by atoms with Gasteiger partial charge in [-0.15, -0.1) is 0 Å². The number of hydrogen-bond acceptors (Lipinski definition) is 3. The molecule has 2 rings (SSSR count). The molecule has 0 amide bonds. The van der Waals surface area contributed by atoms with Gasteiger partial charge in [0.15, 0.2) is 0 Å². The number of halogens is 1. The molecule has 1 N–H and O–H groups in total. The van der Waals surface area contributed by atoms with E-state index in [1.165, 1.54) is 10.4 Å². The highest BCUT2D eigenvalue weighted by atomic mass is 32.2. The lowest BCUT2D eigenvalue weighted by atomic mass is 10.2. The molecular formula is C15H18FNO3S. The average Bonchev–Trinajstić information content (AvgIpc) is 3.24. The summed E-state index contributed by atoms with van der Waals surface area (Å²) >= 11 is 0. The number of hydrogen-bond donors (Lipinski definition) is 1. The molecule has 0 radical (unpaired) electrons. The van der Waals surface area contributed by atoms with Gasteiger partial charge in [-0.1, -0.05) is 18.8 Å². The monoisotopic (exact) mass is 311 g/mol. The second-order valence-electron chi connectivity index (χ2n) is 4.86. The first-order valence-electron chi connectivity index (χ1n) is 6.91. The molecule has 0 saturated heterocycles. The first-order valence-corrected chi connectivity index (χ1v) is 8.35. The van der Waals surface area contributed by atoms with Crippen molar-refractivity contribution in [3.8, 4) is 11.8 Å². The first-order chi connectivity index (χ1) is 10.0. The summed E-state index contributed by atoms with van der Waals surface area (Å²) in [6, 6.07) is 3.56. The Morgan fingerprint density at radius 2 is 2.14 bits per heavy atom. The maximum atomic E-state index is 13.4. The Balaban J connectivity index is 2.45. The Labute approximate surface area is 124 Å². The highest BCUT2D eigenvalue weighted by Gasteiger charge is 2.37. The van der Waals surface area contributed by atoms with Gasteiger partial charge < -0.3 is 5.11 Å². The summed E-state index contributed by atoms with van der Waals surface area (Å²) in [6.45, 7) is 2.05. The highest BCUT2D eigenvalue weighted by molar-refractivity contribution is 7.89. The van der Waals surface area contributed by atoms with E-state index in [4.69, 9.17) is 5.11 Å². The van der Waals surface area contributed by atoms with Crippen molar-refractivity contribution in [2.75, 3.05) is 13.2 Å². The van der Waals surface area contributed by atoms with Crippen molar-refractivity contribution >= 4 is 10.0 Å². The zero-order valence-corrected chi connectivity index (χ0v) is 12.7. The molecule has 1 fully saturated rings. The van der Waals surface area contributed by atoms with Gasteiger partial charge in [-0.2, -0.15) is 4.31 Å². The van der Waals surface area contributed by atoms with E-state index >= 15 is 0 Å². The van der Waals surface area contributed by atoms with Crippen LogP contribution < -0.4 is 0 Å². The van der Waals surface area contributed by atoms with Gasteiger partial charge in [0, 0.05) is 24.6 Å². The Bertz CT molecular complexity index is 672. The van der Waals surface area contributed by atoms with Crippen LogP contribution in [0.2, 0.25) is 0 Å². The van der Waals surface area contributed by atoms with Crippen LogP contribution in [-0.4, -0.2) is 37.0 Å². The summed E-state index contributed by atoms with van der Waals surface area (Å²) in [4.78, 5) is 0.0306. The molecular weight excluding hydrogens is 293 g/mol. The van der Waals surface area contributed by atoms with Crippen molar-refractivity contribution < 1.29 is 17.9 Å². The minimum Gasteiger partial charge on any atom is -0.395 e. The van der Waals surface area contributed by atoms with Crippen molar-refractivity contribution in [2.24, 2.45) is 0 Å². The number of aliphatic hydroxyl groups is 1. The lowest BCUT2D eigenvalue weighted by Gasteiger charge is -2.20. The normalized spacial score (nSPS) is 14.9. The van der Waals surface area contributed by atoms with Crippen LogP contribution in [0.5, 0.6) is 0 Å². The Hall–Kier alpha value is -1.42. The van der Waals surface area contributed by atoms with Crippen LogP contribution in [0.25, 0.3) is 0 Å². The molecule has 0 aliphatic heterocycles. The van der Waals surface area contributed by atoms with E-state index in [1.54, 1.807) is 6.92 Å². The van der Waals surface area contributed by atoms with Crippen LogP contribution in [0.4, 0.5) is 4.39 Å². The molecule has 1 saturated carbocycles. The third-order valence-corrected chi connectivity index (χ3v) is 5.34. The Morgan fingerprint density at radius 1 is 1.43 bits per heavy atom. The molecule has 114 valence electrons. The second kappa shape index (κ2) is 6.56. The third-order valence-electron chi connectivity index (χ3n) is 3.25. The molecule has 1 aromatic rings. The molecule has 6 heteroatoms. The van der Waals surface area contributed by atoms with Crippen molar-refractivity contribution in [3.63, 3.8) is 0 Å². The second-order valence-corrected chi connectivity index (χ2v) is 6.71. The van der Waals surface area contributed by atoms with Crippen molar-refractivity contribution in [1.82, 2.24) is 4.31 Å². The van der Waals surface area contributed by atoms with Gasteiger partial charge in [0.2, 0.25) is 10.0 Å². The Kier molecular flexibility index (Phi) is 4.99. The summed E-state index contributed by atoms with van der Waals surface area (Å²) < 4.78 is 40.2. The SMILES string of the molecule is CCN(C1CC1)S(=O)(=O)c1ccc(F)cc1C#CCCO. The summed E-state index contributed by atoms with van der Waals surface area (Å²) in [5.41, 5.74) is 0.141. The predicted molar refractivity (Wildman–Crippen MR) is 77.6 cm³/mol. The van der Waals surface area contributed by atoms with Gasteiger partial charge in [0.1, 0.15) is 5.82 Å². The van der Waals surface area contributed by atoms with E-state index in [0.717, 1.165) is 25.0 Å². The van der Waals surface area contributed by atoms with Gasteiger partial charge in [-0.05, 0) is 31.0 Å². The summed E-state index contributed by atoms with van der Waals surface area (Å²) in [5, 5.41) is 8.73. The van der Waals surface area contributed by atoms with Crippen LogP contribution in [-0.2, 0) is 10.0 Å². The molecule has 0 heterocycles. The minimum atomic E-state index is -3.67. The molecule has 1 aliphatic rings. The van der Waals surface area contributed by atoms with E-state index in [0.29, 0.717) is 6.54 Å². The Morgan fingerprint density at radius 3 is 2.71 bits per heavy atom. The first kappa shape index (κ1) is 16.0. The standard InChI is InChI=1S/C15H18FNO3S/c1-2-17(14-7-8-14)21(19,20)15-9-6-13(16)11-12(15)5-3-4-10-18/h6,9,11,14,18H,2,4,7-8,10H2,1H3. The summed E-state index contributed by atoms with van der Waals surface area (Å²) in [7, 11) is -3.67. The van der Waals surface area contributed by atoms with Crippen molar-refractivity contribution in [1.29, 1.82) is 0 Å². The summed E-state index contributed by atoms with van der Waals surface area (Å²) in [5.74, 6) is 4.76. The van der Waals surface area contributed by atoms with Gasteiger partial charge in [0.05, 0.1) is 11.5 Å². The number of nitrogens with zero attached hydrogens (tertiary/aromatic N) is 1. The third kappa shape index (κ3) is 3.62. The predicted octanol–water partition coefficient (Wildman–Crippen LogP) is 1.73. The van der Waals surface area contributed by atoms with E-state index in [9.17, 15) is 12.8 Å². The van der Waals surface area contributed by atoms with Crippen LogP contribution in [0.1, 0.15) is 31.7 Å². The van der Waals surface area contributed by atoms with Gasteiger partial charge >= 0.3 is 0 Å². The fourth-order valence-electron chi connectivity index (χ4n) is 2.15. The minimum absolute atomic E-state index is 0.0306. The van der Waals surface area contributed by atoms with Gasteiger partial charge in [-0.25, -0.2) is 12.8 Å². The molecule has 0 spiro atoms. The zero-order chi connectivity index (χ0) is 15.5. The molecule has 0 bridgehead atoms. The highest BCUT2D eigenvalue weighted by Crippen LogP contribution is 2.32. The quantitative estimate of drug-likeness (QED) is 0.843. The van der Waals surface area contributed by atoms with E-state index < -0.39 is 15.8 Å². The maximum absolute atomic E-state index is 13.4. The molecule has 0 aromatic heterocycles. The van der Waals surface area contributed by atoms with Crippen LogP contribution >= 0.6 is 0 Å². The maximum Gasteiger partial charge on any atom is 0.244 e. The van der Waals surface area contributed by atoms with E-state index in [-0.39, 0.29) is 29.5 Å². The number of aliphatic hydroxyl groups excluding tert-OH is 1. The number of benzene rings is 1. The molecule has 1 aliphatic carbocycles. The van der Waals surface area contributed by atoms with Crippen LogP contribution in [0.3, 0.4) is 0 Å². The summed E-state index contributed by atoms with van der Waals surface area (Å²) in [6.07, 6.45) is 1.94. The molecule has 4 nitrogen and oxygen atoms in total. The molecule has 1 aromatic carbocycles. The zero-order valence-electron chi connectivity index (χ0n) is 11.8. The molecule has 0 unspecified atom stereocenters. The number of rotatable bonds is 5. The van der Waals surface area contributed by atoms with Crippen molar-refractivity contribution in [3.05, 3.63) is 29.6 Å². The molecule has 21 heavy (non-hydrogen) atoms. The van der Waals surface area contributed by atoms with Gasteiger partial charge in [-0.3, -0.25) is 0 Å².